The summed E-state index contributed by atoms with van der Waals surface area (Å²) in [7, 11) is 3.05. The zero-order chi connectivity index (χ0) is 8.39. The first-order valence-corrected chi connectivity index (χ1v) is 5.98. The van der Waals surface area contributed by atoms with Crippen LogP contribution in [0.25, 0.3) is 0 Å². The quantitative estimate of drug-likeness (QED) is 0.643. The molecule has 2 rings (SSSR count). The second-order valence-corrected chi connectivity index (χ2v) is 5.12. The molecule has 1 heterocycles. The molecule has 0 bridgehead atoms. The number of carbonyl (C=O) groups excluding carboxylic acids is 1. The first kappa shape index (κ1) is 8.20. The second kappa shape index (κ2) is 3.54. The van der Waals surface area contributed by atoms with E-state index in [4.69, 9.17) is 0 Å². The Kier molecular flexibility index (Phi) is 2.42. The van der Waals surface area contributed by atoms with Crippen LogP contribution in [0.1, 0.15) is 17.2 Å². The van der Waals surface area contributed by atoms with E-state index in [1.54, 1.807) is 10.8 Å². The third-order valence-corrected chi connectivity index (χ3v) is 4.44. The summed E-state index contributed by atoms with van der Waals surface area (Å²) < 4.78 is 0. The summed E-state index contributed by atoms with van der Waals surface area (Å²) in [5.41, 5.74) is 1.26. The number of hydrogen-bond acceptors (Lipinski definition) is 3. The first-order valence-electron chi connectivity index (χ1n) is 3.77. The molecule has 12 heavy (non-hydrogen) atoms. The van der Waals surface area contributed by atoms with Gasteiger partial charge in [0, 0.05) is 11.7 Å². The van der Waals surface area contributed by atoms with E-state index in [-0.39, 0.29) is 0 Å². The fourth-order valence-corrected chi connectivity index (χ4v) is 3.64. The third-order valence-electron chi connectivity index (χ3n) is 1.78. The lowest BCUT2D eigenvalue weighted by Crippen LogP contribution is -1.90. The van der Waals surface area contributed by atoms with Crippen molar-refractivity contribution in [3.63, 3.8) is 0 Å². The van der Waals surface area contributed by atoms with Crippen molar-refractivity contribution in [2.45, 2.75) is 11.7 Å². The summed E-state index contributed by atoms with van der Waals surface area (Å²) in [6, 6.07) is 10.2. The van der Waals surface area contributed by atoms with Gasteiger partial charge in [-0.15, -0.1) is 0 Å². The topological polar surface area (TPSA) is 17.1 Å². The fraction of sp³-hybridized carbons (Fsp3) is 0.222. The highest BCUT2D eigenvalue weighted by atomic mass is 33.1. The van der Waals surface area contributed by atoms with Crippen molar-refractivity contribution >= 4 is 26.7 Å². The highest BCUT2D eigenvalue weighted by Gasteiger charge is 2.24. The Labute approximate surface area is 79.3 Å². The summed E-state index contributed by atoms with van der Waals surface area (Å²) in [4.78, 5) is 11.0. The Bertz CT molecular complexity index is 284. The Hall–Kier alpha value is -0.410. The van der Waals surface area contributed by atoms with E-state index in [2.05, 4.69) is 12.1 Å². The van der Waals surface area contributed by atoms with Gasteiger partial charge >= 0.3 is 0 Å². The predicted octanol–water partition coefficient (Wildman–Crippen LogP) is 3.04. The van der Waals surface area contributed by atoms with Crippen LogP contribution in [0, 0.1) is 0 Å². The Morgan fingerprint density at radius 3 is 2.58 bits per heavy atom. The number of hydrogen-bond donors (Lipinski definition) is 0. The Balaban J connectivity index is 2.16. The van der Waals surface area contributed by atoms with Crippen molar-refractivity contribution in [1.82, 2.24) is 0 Å². The van der Waals surface area contributed by atoms with Gasteiger partial charge in [0.1, 0.15) is 0 Å². The van der Waals surface area contributed by atoms with Crippen LogP contribution in [0.2, 0.25) is 0 Å². The predicted molar refractivity (Wildman–Crippen MR) is 54.0 cm³/mol. The number of rotatable bonds is 1. The molecule has 0 aliphatic carbocycles. The molecule has 0 saturated carbocycles. The van der Waals surface area contributed by atoms with Gasteiger partial charge in [-0.3, -0.25) is 4.79 Å². The molecule has 1 saturated heterocycles. The normalized spacial score (nSPS) is 23.0. The Morgan fingerprint density at radius 1 is 1.25 bits per heavy atom. The molecule has 1 aliphatic rings. The maximum absolute atomic E-state index is 11.0. The standard InChI is InChI=1S/C9H8OS2/c10-9-6-8(11-12-9)7-4-2-1-3-5-7/h1-5,8H,6H2. The molecule has 3 heteroatoms. The van der Waals surface area contributed by atoms with Crippen LogP contribution in [0.5, 0.6) is 0 Å². The lowest BCUT2D eigenvalue weighted by Gasteiger charge is -2.04. The van der Waals surface area contributed by atoms with Gasteiger partial charge in [0.05, 0.1) is 0 Å². The average molecular weight is 196 g/mol. The highest BCUT2D eigenvalue weighted by Crippen LogP contribution is 2.48. The highest BCUT2D eigenvalue weighted by molar-refractivity contribution is 8.82. The van der Waals surface area contributed by atoms with Crippen LogP contribution in [-0.4, -0.2) is 5.12 Å². The van der Waals surface area contributed by atoms with Crippen LogP contribution in [0.4, 0.5) is 0 Å². The third kappa shape index (κ3) is 1.67. The van der Waals surface area contributed by atoms with E-state index in [0.29, 0.717) is 16.8 Å². The molecule has 1 nitrogen and oxygen atoms in total. The van der Waals surface area contributed by atoms with Crippen molar-refractivity contribution in [3.05, 3.63) is 35.9 Å². The molecule has 1 aliphatic heterocycles. The van der Waals surface area contributed by atoms with Crippen molar-refractivity contribution < 1.29 is 4.79 Å². The summed E-state index contributed by atoms with van der Waals surface area (Å²) in [6.45, 7) is 0. The molecule has 1 unspecified atom stereocenters. The average Bonchev–Trinajstić information content (AvgIpc) is 2.54. The van der Waals surface area contributed by atoms with Crippen molar-refractivity contribution in [2.75, 3.05) is 0 Å². The molecule has 1 atom stereocenters. The van der Waals surface area contributed by atoms with Crippen LogP contribution in [0.3, 0.4) is 0 Å². The minimum absolute atomic E-state index is 0.300. The molecule has 1 aromatic rings. The van der Waals surface area contributed by atoms with Gasteiger partial charge in [-0.25, -0.2) is 0 Å². The smallest absolute Gasteiger partial charge is 0.200 e. The monoisotopic (exact) mass is 196 g/mol. The van der Waals surface area contributed by atoms with E-state index < -0.39 is 0 Å². The molecular weight excluding hydrogens is 188 g/mol. The van der Waals surface area contributed by atoms with Crippen LogP contribution in [0.15, 0.2) is 30.3 Å². The maximum Gasteiger partial charge on any atom is 0.200 e. The minimum Gasteiger partial charge on any atom is -0.286 e. The fourth-order valence-electron chi connectivity index (χ4n) is 1.17. The van der Waals surface area contributed by atoms with Gasteiger partial charge in [0.2, 0.25) is 5.12 Å². The van der Waals surface area contributed by atoms with Crippen LogP contribution >= 0.6 is 21.6 Å². The number of benzene rings is 1. The van der Waals surface area contributed by atoms with Gasteiger partial charge in [0.25, 0.3) is 0 Å². The van der Waals surface area contributed by atoms with Gasteiger partial charge in [-0.2, -0.15) is 0 Å². The zero-order valence-electron chi connectivity index (χ0n) is 6.40. The van der Waals surface area contributed by atoms with Gasteiger partial charge < -0.3 is 0 Å². The van der Waals surface area contributed by atoms with E-state index in [0.717, 1.165) is 0 Å². The summed E-state index contributed by atoms with van der Waals surface area (Å²) in [5.74, 6) is 0. The van der Waals surface area contributed by atoms with E-state index in [1.807, 2.05) is 18.2 Å². The minimum atomic E-state index is 0.300. The van der Waals surface area contributed by atoms with Gasteiger partial charge in [-0.05, 0) is 16.4 Å². The van der Waals surface area contributed by atoms with Crippen LogP contribution < -0.4 is 0 Å². The van der Waals surface area contributed by atoms with E-state index >= 15 is 0 Å². The molecule has 1 aromatic carbocycles. The zero-order valence-corrected chi connectivity index (χ0v) is 8.03. The van der Waals surface area contributed by atoms with Crippen molar-refractivity contribution in [3.8, 4) is 0 Å². The number of carbonyl (C=O) groups is 1. The molecule has 0 spiro atoms. The van der Waals surface area contributed by atoms with E-state index in [9.17, 15) is 4.79 Å². The summed E-state index contributed by atoms with van der Waals surface area (Å²) in [6.07, 6.45) is 0.680. The van der Waals surface area contributed by atoms with Gasteiger partial charge in [-0.1, -0.05) is 41.1 Å². The lowest BCUT2D eigenvalue weighted by molar-refractivity contribution is -0.110. The second-order valence-electron chi connectivity index (χ2n) is 2.66. The molecule has 62 valence electrons. The van der Waals surface area contributed by atoms with Crippen molar-refractivity contribution in [1.29, 1.82) is 0 Å². The largest absolute Gasteiger partial charge is 0.286 e. The maximum atomic E-state index is 11.0. The molecule has 1 fully saturated rings. The SMILES string of the molecule is O=C1CC(c2ccccc2)SS1. The molecule has 0 amide bonds. The molecular formula is C9H8OS2. The van der Waals surface area contributed by atoms with Crippen LogP contribution in [-0.2, 0) is 4.79 Å². The molecule has 0 aromatic heterocycles. The summed E-state index contributed by atoms with van der Waals surface area (Å²) in [5, 5.41) is 0.678. The van der Waals surface area contributed by atoms with E-state index in [1.165, 1.54) is 16.4 Å². The lowest BCUT2D eigenvalue weighted by atomic mass is 10.1. The summed E-state index contributed by atoms with van der Waals surface area (Å²) >= 11 is 0. The first-order chi connectivity index (χ1) is 5.86. The molecule has 0 N–H and O–H groups in total. The molecule has 0 radical (unpaired) electrons. The Morgan fingerprint density at radius 2 is 2.00 bits per heavy atom. The van der Waals surface area contributed by atoms with Gasteiger partial charge in [0.15, 0.2) is 0 Å². The van der Waals surface area contributed by atoms with Crippen molar-refractivity contribution in [2.24, 2.45) is 0 Å².